The summed E-state index contributed by atoms with van der Waals surface area (Å²) in [5.41, 5.74) is 2.88. The van der Waals surface area contributed by atoms with Crippen LogP contribution in [0.1, 0.15) is 50.2 Å². The van der Waals surface area contributed by atoms with Crippen molar-refractivity contribution in [1.82, 2.24) is 0 Å². The van der Waals surface area contributed by atoms with Crippen LogP contribution in [-0.2, 0) is 12.8 Å². The maximum Gasteiger partial charge on any atom is 0.00990 e. The first-order valence-electron chi connectivity index (χ1n) is 6.34. The molecule has 85 valence electrons. The second kappa shape index (κ2) is 7.99. The highest BCUT2D eigenvalue weighted by Crippen LogP contribution is 2.10. The number of benzene rings is 1. The number of aryl methyl sites for hydroxylation is 2. The van der Waals surface area contributed by atoms with Gasteiger partial charge in [-0.1, -0.05) is 43.5 Å². The minimum absolute atomic E-state index is 0.800. The molecule has 0 spiro atoms. The van der Waals surface area contributed by atoms with Crippen molar-refractivity contribution in [2.75, 3.05) is 0 Å². The number of hydrogen-bond acceptors (Lipinski definition) is 0. The Hall–Kier alpha value is -1.22. The van der Waals surface area contributed by atoms with Gasteiger partial charge >= 0.3 is 0 Å². The van der Waals surface area contributed by atoms with Crippen molar-refractivity contribution in [2.45, 2.75) is 51.9 Å². The van der Waals surface area contributed by atoms with Crippen molar-refractivity contribution in [1.29, 1.82) is 0 Å². The van der Waals surface area contributed by atoms with Crippen LogP contribution in [0.5, 0.6) is 0 Å². The van der Waals surface area contributed by atoms with Gasteiger partial charge in [0.1, 0.15) is 0 Å². The summed E-state index contributed by atoms with van der Waals surface area (Å²) in [4.78, 5) is 0. The summed E-state index contributed by atoms with van der Waals surface area (Å²) in [5.74, 6) is 2.44. The quantitative estimate of drug-likeness (QED) is 0.467. The van der Waals surface area contributed by atoms with Crippen LogP contribution in [0.25, 0.3) is 0 Å². The molecule has 16 heavy (non-hydrogen) atoms. The van der Waals surface area contributed by atoms with Crippen LogP contribution >= 0.6 is 0 Å². The van der Waals surface area contributed by atoms with Crippen molar-refractivity contribution >= 4 is 0 Å². The van der Waals surface area contributed by atoms with E-state index in [-0.39, 0.29) is 0 Å². The van der Waals surface area contributed by atoms with Crippen molar-refractivity contribution in [2.24, 2.45) is 0 Å². The lowest BCUT2D eigenvalue weighted by Gasteiger charge is -2.03. The molecule has 0 atom stereocenters. The van der Waals surface area contributed by atoms with Crippen molar-refractivity contribution < 1.29 is 0 Å². The van der Waals surface area contributed by atoms with Crippen LogP contribution in [0.2, 0.25) is 0 Å². The fraction of sp³-hybridized carbons (Fsp3) is 0.500. The zero-order valence-corrected chi connectivity index (χ0v) is 10.3. The Morgan fingerprint density at radius 3 is 2.00 bits per heavy atom. The minimum atomic E-state index is 0.800. The topological polar surface area (TPSA) is 0 Å². The molecule has 0 aliphatic carbocycles. The molecule has 1 radical (unpaired) electrons. The number of hydrogen-bond donors (Lipinski definition) is 0. The molecule has 1 aromatic rings. The first-order chi connectivity index (χ1) is 7.86. The maximum atomic E-state index is 6.83. The molecule has 1 aromatic carbocycles. The summed E-state index contributed by atoms with van der Waals surface area (Å²) in [6, 6.07) is 9.01. The van der Waals surface area contributed by atoms with Gasteiger partial charge in [-0.2, -0.15) is 0 Å². The minimum Gasteiger partial charge on any atom is -0.0891 e. The molecule has 0 saturated carbocycles. The third-order valence-electron chi connectivity index (χ3n) is 2.86. The van der Waals surface area contributed by atoms with Crippen LogP contribution in [0.15, 0.2) is 24.3 Å². The van der Waals surface area contributed by atoms with Gasteiger partial charge in [0.15, 0.2) is 0 Å². The van der Waals surface area contributed by atoms with E-state index in [0.29, 0.717) is 0 Å². The summed E-state index contributed by atoms with van der Waals surface area (Å²) in [7, 11) is 0. The SMILES string of the molecule is [C]#CCCCCc1ccc(CCCC)cc1. The lowest BCUT2D eigenvalue weighted by atomic mass is 10.0. The average Bonchev–Trinajstić information content (AvgIpc) is 2.33. The van der Waals surface area contributed by atoms with Gasteiger partial charge in [-0.3, -0.25) is 0 Å². The lowest BCUT2D eigenvalue weighted by molar-refractivity contribution is 0.755. The second-order valence-electron chi connectivity index (χ2n) is 4.30. The van der Waals surface area contributed by atoms with E-state index >= 15 is 0 Å². The van der Waals surface area contributed by atoms with Gasteiger partial charge in [0, 0.05) is 6.42 Å². The van der Waals surface area contributed by atoms with Gasteiger partial charge < -0.3 is 0 Å². The first kappa shape index (κ1) is 12.8. The van der Waals surface area contributed by atoms with E-state index in [2.05, 4.69) is 37.1 Å². The Balaban J connectivity index is 2.31. The van der Waals surface area contributed by atoms with Crippen LogP contribution in [0.3, 0.4) is 0 Å². The molecule has 1 rings (SSSR count). The zero-order valence-electron chi connectivity index (χ0n) is 10.3. The van der Waals surface area contributed by atoms with Crippen molar-refractivity contribution in [3.63, 3.8) is 0 Å². The maximum absolute atomic E-state index is 6.83. The Bertz CT molecular complexity index is 313. The van der Waals surface area contributed by atoms with Gasteiger partial charge in [-0.05, 0) is 49.7 Å². The third-order valence-corrected chi connectivity index (χ3v) is 2.86. The highest BCUT2D eigenvalue weighted by atomic mass is 14.0. The van der Waals surface area contributed by atoms with Crippen LogP contribution < -0.4 is 0 Å². The Morgan fingerprint density at radius 2 is 1.50 bits per heavy atom. The van der Waals surface area contributed by atoms with E-state index in [1.165, 1.54) is 36.8 Å². The molecule has 0 amide bonds. The number of unbranched alkanes of at least 4 members (excludes halogenated alkanes) is 3. The zero-order chi connectivity index (χ0) is 11.6. The molecule has 0 bridgehead atoms. The van der Waals surface area contributed by atoms with Crippen LogP contribution in [0, 0.1) is 12.3 Å². The highest BCUT2D eigenvalue weighted by Gasteiger charge is 1.95. The van der Waals surface area contributed by atoms with Gasteiger partial charge in [-0.15, -0.1) is 0 Å². The van der Waals surface area contributed by atoms with Crippen LogP contribution in [-0.4, -0.2) is 0 Å². The van der Waals surface area contributed by atoms with Crippen molar-refractivity contribution in [3.05, 3.63) is 41.8 Å². The lowest BCUT2D eigenvalue weighted by Crippen LogP contribution is -1.88. The smallest absolute Gasteiger partial charge is 0.00990 e. The molecule has 0 N–H and O–H groups in total. The van der Waals surface area contributed by atoms with Gasteiger partial charge in [0.2, 0.25) is 0 Å². The van der Waals surface area contributed by atoms with E-state index in [4.69, 9.17) is 6.42 Å². The van der Waals surface area contributed by atoms with E-state index in [9.17, 15) is 0 Å². The molecule has 0 aliphatic rings. The predicted octanol–water partition coefficient (Wildman–Crippen LogP) is 4.33. The molecule has 0 nitrogen and oxygen atoms in total. The van der Waals surface area contributed by atoms with Gasteiger partial charge in [0.25, 0.3) is 0 Å². The molecule has 0 unspecified atom stereocenters. The average molecular weight is 213 g/mol. The van der Waals surface area contributed by atoms with E-state index < -0.39 is 0 Å². The molecule has 0 heteroatoms. The Labute approximate surface area is 100 Å². The monoisotopic (exact) mass is 213 g/mol. The van der Waals surface area contributed by atoms with Gasteiger partial charge in [-0.25, -0.2) is 0 Å². The molecule has 0 heterocycles. The fourth-order valence-corrected chi connectivity index (χ4v) is 1.80. The first-order valence-corrected chi connectivity index (χ1v) is 6.34. The van der Waals surface area contributed by atoms with E-state index in [0.717, 1.165) is 19.3 Å². The summed E-state index contributed by atoms with van der Waals surface area (Å²) in [6.45, 7) is 2.23. The fourth-order valence-electron chi connectivity index (χ4n) is 1.80. The predicted molar refractivity (Wildman–Crippen MR) is 69.7 cm³/mol. The van der Waals surface area contributed by atoms with E-state index in [1.54, 1.807) is 0 Å². The normalized spacial score (nSPS) is 10.0. The summed E-state index contributed by atoms with van der Waals surface area (Å²) in [5, 5.41) is 0. The molecule has 0 saturated heterocycles. The summed E-state index contributed by atoms with van der Waals surface area (Å²) >= 11 is 0. The summed E-state index contributed by atoms with van der Waals surface area (Å²) < 4.78 is 0. The molecule has 0 aromatic heterocycles. The highest BCUT2D eigenvalue weighted by molar-refractivity contribution is 5.22. The van der Waals surface area contributed by atoms with Crippen molar-refractivity contribution in [3.8, 4) is 5.92 Å². The largest absolute Gasteiger partial charge is 0.0891 e. The Kier molecular flexibility index (Phi) is 6.42. The molecule has 0 fully saturated rings. The molecular formula is C16H21. The standard InChI is InChI=1S/C16H21/c1-3-5-7-8-10-16-13-11-15(12-14-16)9-6-4-2/h11-14H,4-10H2,2H3. The molecule has 0 aliphatic heterocycles. The third kappa shape index (κ3) is 5.03. The van der Waals surface area contributed by atoms with E-state index in [1.807, 2.05) is 0 Å². The molecular weight excluding hydrogens is 192 g/mol. The Morgan fingerprint density at radius 1 is 0.938 bits per heavy atom. The van der Waals surface area contributed by atoms with Gasteiger partial charge in [0.05, 0.1) is 0 Å². The van der Waals surface area contributed by atoms with Crippen LogP contribution in [0.4, 0.5) is 0 Å². The summed E-state index contributed by atoms with van der Waals surface area (Å²) in [6.07, 6.45) is 14.8. The second-order valence-corrected chi connectivity index (χ2v) is 4.30. The number of rotatable bonds is 7.